The first-order valence-electron chi connectivity index (χ1n) is 8.35. The number of rotatable bonds is 13. The van der Waals surface area contributed by atoms with Crippen molar-refractivity contribution in [3.05, 3.63) is 20.1 Å². The molecular weight excluding hydrogens is 653 g/mol. The number of nitrogens with zero attached hydrogens (tertiary/aromatic N) is 1. The maximum absolute atomic E-state index is 6.27. The average Bonchev–Trinajstić information content (AvgIpc) is 2.60. The van der Waals surface area contributed by atoms with E-state index < -0.39 is 0 Å². The molecule has 7 heteroatoms. The average molecular weight is 681 g/mol. The van der Waals surface area contributed by atoms with Gasteiger partial charge in [-0.25, -0.2) is 0 Å². The highest BCUT2D eigenvalue weighted by molar-refractivity contribution is 9.16. The first-order chi connectivity index (χ1) is 11.4. The van der Waals surface area contributed by atoms with Gasteiger partial charge in [0.15, 0.2) is 0 Å². The molecule has 142 valence electrons. The fourth-order valence-corrected chi connectivity index (χ4v) is 5.19. The van der Waals surface area contributed by atoms with Gasteiger partial charge >= 0.3 is 0 Å². The Labute approximate surface area is 195 Å². The van der Waals surface area contributed by atoms with Crippen LogP contribution >= 0.6 is 91.3 Å². The maximum Gasteiger partial charge on any atom is 0.112 e. The molecule has 0 aliphatic heterocycles. The summed E-state index contributed by atoms with van der Waals surface area (Å²) < 4.78 is 3.47. The van der Waals surface area contributed by atoms with Crippen molar-refractivity contribution in [1.29, 1.82) is 0 Å². The molecule has 0 saturated carbocycles. The molecule has 0 aliphatic rings. The Hall–Kier alpha value is 2.13. The normalized spacial score (nSPS) is 15.4. The number of unbranched alkanes of at least 4 members (excludes halogenated alkanes) is 2. The third-order valence-corrected chi connectivity index (χ3v) is 10.3. The topological polar surface area (TPSA) is 0 Å². The van der Waals surface area contributed by atoms with Crippen LogP contribution in [0, 0.1) is 0 Å². The molecule has 0 aliphatic carbocycles. The number of allylic oxidation sites excluding steroid dienone is 2. The van der Waals surface area contributed by atoms with E-state index >= 15 is 0 Å². The van der Waals surface area contributed by atoms with E-state index in [-0.39, 0.29) is 4.83 Å². The number of halogens is 6. The number of hydrogen-bond acceptors (Lipinski definition) is 0. The van der Waals surface area contributed by atoms with Crippen molar-refractivity contribution in [3.63, 3.8) is 0 Å². The van der Waals surface area contributed by atoms with Gasteiger partial charge in [0.1, 0.15) is 6.54 Å². The molecule has 0 heterocycles. The van der Waals surface area contributed by atoms with Crippen molar-refractivity contribution in [2.75, 3.05) is 36.8 Å². The van der Waals surface area contributed by atoms with Crippen LogP contribution in [0.25, 0.3) is 0 Å². The zero-order valence-corrected chi connectivity index (χ0v) is 23.1. The minimum atomic E-state index is 0.285. The Morgan fingerprint density at radius 2 is 1.62 bits per heavy atom. The molecule has 1 nitrogen and oxygen atoms in total. The minimum absolute atomic E-state index is 0.285. The van der Waals surface area contributed by atoms with Crippen LogP contribution in [0.2, 0.25) is 0 Å². The number of alkyl halides is 3. The Morgan fingerprint density at radius 1 is 1.08 bits per heavy atom. The molecule has 0 rings (SSSR count). The van der Waals surface area contributed by atoms with Gasteiger partial charge in [0.25, 0.3) is 0 Å². The first kappa shape index (κ1) is 26.1. The Balaban J connectivity index is 5.51. The number of quaternary nitrogens is 1. The summed E-state index contributed by atoms with van der Waals surface area (Å²) in [5.74, 6) is 0. The highest BCUT2D eigenvalue weighted by atomic mass is 79.9. The summed E-state index contributed by atoms with van der Waals surface area (Å²) in [5, 5.41) is 2.50. The highest BCUT2D eigenvalue weighted by Crippen LogP contribution is 2.30. The van der Waals surface area contributed by atoms with Gasteiger partial charge in [-0.2, -0.15) is 0 Å². The van der Waals surface area contributed by atoms with Gasteiger partial charge in [-0.15, -0.1) is 0 Å². The Kier molecular flexibility index (Phi) is 16.4. The lowest BCUT2D eigenvalue weighted by Crippen LogP contribution is -2.50. The summed E-state index contributed by atoms with van der Waals surface area (Å²) >= 11 is 24.5. The van der Waals surface area contributed by atoms with Crippen molar-refractivity contribution in [2.45, 2.75) is 44.4 Å². The molecule has 1 atom stereocenters. The minimum Gasteiger partial charge on any atom is -0.316 e. The van der Waals surface area contributed by atoms with E-state index in [2.05, 4.69) is 99.6 Å². The van der Waals surface area contributed by atoms with E-state index in [1.807, 2.05) is 0 Å². The fourth-order valence-electron chi connectivity index (χ4n) is 2.46. The fraction of sp³-hybridized carbons (Fsp3) is 0.765. The summed E-state index contributed by atoms with van der Waals surface area (Å²) in [5.41, 5.74) is 0. The van der Waals surface area contributed by atoms with Crippen LogP contribution < -0.4 is 0 Å². The second-order valence-corrected chi connectivity index (χ2v) is 10.6. The van der Waals surface area contributed by atoms with Gasteiger partial charge in [-0.05, 0) is 34.8 Å². The quantitative estimate of drug-likeness (QED) is 0.136. The van der Waals surface area contributed by atoms with Gasteiger partial charge in [0, 0.05) is 20.2 Å². The summed E-state index contributed by atoms with van der Waals surface area (Å²) in [6, 6.07) is 0. The van der Waals surface area contributed by atoms with Crippen molar-refractivity contribution in [3.8, 4) is 0 Å². The molecule has 0 aromatic rings. The lowest BCUT2D eigenvalue weighted by atomic mass is 10.2. The van der Waals surface area contributed by atoms with E-state index in [1.165, 1.54) is 47.7 Å². The van der Waals surface area contributed by atoms with Crippen molar-refractivity contribution < 1.29 is 4.48 Å². The third-order valence-electron chi connectivity index (χ3n) is 3.94. The summed E-state index contributed by atoms with van der Waals surface area (Å²) in [6.07, 6.45) is 7.08. The summed E-state index contributed by atoms with van der Waals surface area (Å²) in [4.78, 5) is 0.285. The molecule has 0 N–H and O–H groups in total. The first-order valence-corrected chi connectivity index (χ1v) is 13.5. The highest BCUT2D eigenvalue weighted by Gasteiger charge is 2.28. The lowest BCUT2D eigenvalue weighted by molar-refractivity contribution is -0.918. The van der Waals surface area contributed by atoms with Crippen LogP contribution in [0.1, 0.15) is 39.5 Å². The third kappa shape index (κ3) is 10.5. The summed E-state index contributed by atoms with van der Waals surface area (Å²) in [7, 11) is 0. The maximum atomic E-state index is 6.27. The van der Waals surface area contributed by atoms with Gasteiger partial charge in [-0.1, -0.05) is 102 Å². The molecule has 1 unspecified atom stereocenters. The molecule has 0 amide bonds. The van der Waals surface area contributed by atoms with E-state index in [0.717, 1.165) is 33.3 Å². The van der Waals surface area contributed by atoms with Crippen LogP contribution in [0.3, 0.4) is 0 Å². The molecule has 0 fully saturated rings. The molecule has 24 heavy (non-hydrogen) atoms. The molecule has 0 aromatic heterocycles. The van der Waals surface area contributed by atoms with E-state index in [1.54, 1.807) is 0 Å². The molecule has 0 bridgehead atoms. The lowest BCUT2D eigenvalue weighted by Gasteiger charge is -2.38. The second-order valence-electron chi connectivity index (χ2n) is 6.00. The van der Waals surface area contributed by atoms with Crippen LogP contribution in [-0.4, -0.2) is 46.1 Å². The smallest absolute Gasteiger partial charge is 0.112 e. The SMILES string of the molecule is CCCC[N+](C/C=C(\Cl)CBr)(CCCC)C/C(Br)=C(\Br)C(Br)CBr. The number of hydrogen-bond donors (Lipinski definition) is 0. The van der Waals surface area contributed by atoms with Crippen LogP contribution in [0.4, 0.5) is 0 Å². The standard InChI is InChI=1S/C17H28Br5ClN/c1-3-5-8-24(9-6-4-2,10-7-14(23)11-18)13-16(21)17(22)15(20)12-19/h7,15H,3-6,8-13H2,1-2H3/q+1/b14-7-,17-16+. The predicted octanol–water partition coefficient (Wildman–Crippen LogP) is 8.08. The molecule has 0 aromatic carbocycles. The van der Waals surface area contributed by atoms with Gasteiger partial charge in [0.2, 0.25) is 0 Å². The van der Waals surface area contributed by atoms with E-state index in [4.69, 9.17) is 11.6 Å². The zero-order chi connectivity index (χ0) is 18.6. The van der Waals surface area contributed by atoms with Gasteiger partial charge in [-0.3, -0.25) is 0 Å². The molecule has 0 radical (unpaired) electrons. The van der Waals surface area contributed by atoms with Crippen molar-refractivity contribution in [2.24, 2.45) is 0 Å². The second kappa shape index (κ2) is 15.1. The molecule has 0 spiro atoms. The monoisotopic (exact) mass is 676 g/mol. The molecular formula is C17H28Br5ClN+. The predicted molar refractivity (Wildman–Crippen MR) is 129 cm³/mol. The zero-order valence-electron chi connectivity index (χ0n) is 14.4. The van der Waals surface area contributed by atoms with E-state index in [9.17, 15) is 0 Å². The van der Waals surface area contributed by atoms with Crippen LogP contribution in [0.15, 0.2) is 20.1 Å². The van der Waals surface area contributed by atoms with Gasteiger partial charge in [0.05, 0.1) is 28.9 Å². The summed E-state index contributed by atoms with van der Waals surface area (Å²) in [6.45, 7) is 8.83. The van der Waals surface area contributed by atoms with Crippen molar-refractivity contribution >= 4 is 91.3 Å². The van der Waals surface area contributed by atoms with Crippen molar-refractivity contribution in [1.82, 2.24) is 0 Å². The van der Waals surface area contributed by atoms with E-state index in [0.29, 0.717) is 0 Å². The molecule has 0 saturated heterocycles. The van der Waals surface area contributed by atoms with Crippen LogP contribution in [-0.2, 0) is 0 Å². The van der Waals surface area contributed by atoms with Crippen LogP contribution in [0.5, 0.6) is 0 Å². The Bertz CT molecular complexity index is 404. The van der Waals surface area contributed by atoms with Gasteiger partial charge < -0.3 is 4.48 Å². The largest absolute Gasteiger partial charge is 0.316 e. The Morgan fingerprint density at radius 3 is 2.04 bits per heavy atom.